The molecule has 0 heterocycles. The lowest BCUT2D eigenvalue weighted by molar-refractivity contribution is 0.197. The molecule has 2 nitrogen and oxygen atoms in total. The van der Waals surface area contributed by atoms with Crippen LogP contribution in [0.2, 0.25) is 0 Å². The monoisotopic (exact) mass is 214 g/mol. The molecular weight excluding hydrogens is 184 g/mol. The first-order chi connectivity index (χ1) is 6.93. The molecule has 0 fully saturated rings. The highest BCUT2D eigenvalue weighted by Crippen LogP contribution is 2.03. The summed E-state index contributed by atoms with van der Waals surface area (Å²) in [5.41, 5.74) is 0. The lowest BCUT2D eigenvalue weighted by Gasteiger charge is -2.28. The molecule has 0 aromatic heterocycles. The molecule has 0 amide bonds. The van der Waals surface area contributed by atoms with Crippen molar-refractivity contribution in [1.82, 2.24) is 10.2 Å². The van der Waals surface area contributed by atoms with E-state index < -0.39 is 0 Å². The van der Waals surface area contributed by atoms with E-state index in [0.717, 1.165) is 24.9 Å². The average molecular weight is 214 g/mol. The molecule has 0 unspecified atom stereocenters. The fraction of sp³-hybridized carbons (Fsp3) is 1.00. The van der Waals surface area contributed by atoms with Crippen molar-refractivity contribution >= 4 is 0 Å². The first kappa shape index (κ1) is 14.9. The molecular formula is C13H30N2. The molecule has 0 atom stereocenters. The SMILES string of the molecule is CC(C)CNCCN(CC(C)C)C(C)C. The maximum absolute atomic E-state index is 3.50. The fourth-order valence-electron chi connectivity index (χ4n) is 1.64. The lowest BCUT2D eigenvalue weighted by atomic mass is 10.2. The quantitative estimate of drug-likeness (QED) is 0.625. The highest BCUT2D eigenvalue weighted by Gasteiger charge is 2.10. The van der Waals surface area contributed by atoms with Gasteiger partial charge in [0, 0.05) is 25.7 Å². The van der Waals surface area contributed by atoms with Crippen molar-refractivity contribution in [3.63, 3.8) is 0 Å². The fourth-order valence-corrected chi connectivity index (χ4v) is 1.64. The van der Waals surface area contributed by atoms with Crippen molar-refractivity contribution in [2.75, 3.05) is 26.2 Å². The van der Waals surface area contributed by atoms with Gasteiger partial charge in [-0.05, 0) is 32.2 Å². The van der Waals surface area contributed by atoms with Crippen LogP contribution in [-0.4, -0.2) is 37.1 Å². The molecule has 0 aliphatic heterocycles. The van der Waals surface area contributed by atoms with Crippen LogP contribution < -0.4 is 5.32 Å². The van der Waals surface area contributed by atoms with E-state index in [1.54, 1.807) is 0 Å². The normalized spacial score (nSPS) is 12.4. The van der Waals surface area contributed by atoms with Gasteiger partial charge in [-0.1, -0.05) is 27.7 Å². The maximum Gasteiger partial charge on any atom is 0.0110 e. The number of hydrogen-bond acceptors (Lipinski definition) is 2. The Morgan fingerprint density at radius 2 is 1.53 bits per heavy atom. The third-order valence-corrected chi connectivity index (χ3v) is 2.46. The van der Waals surface area contributed by atoms with Gasteiger partial charge in [-0.25, -0.2) is 0 Å². The molecule has 0 spiro atoms. The van der Waals surface area contributed by atoms with E-state index in [-0.39, 0.29) is 0 Å². The Morgan fingerprint density at radius 1 is 0.933 bits per heavy atom. The van der Waals surface area contributed by atoms with Crippen molar-refractivity contribution in [1.29, 1.82) is 0 Å². The van der Waals surface area contributed by atoms with E-state index >= 15 is 0 Å². The Hall–Kier alpha value is -0.0800. The molecule has 0 aliphatic carbocycles. The summed E-state index contributed by atoms with van der Waals surface area (Å²) in [6, 6.07) is 0.660. The first-order valence-electron chi connectivity index (χ1n) is 6.38. The Kier molecular flexibility index (Phi) is 8.07. The average Bonchev–Trinajstić information content (AvgIpc) is 2.08. The van der Waals surface area contributed by atoms with Crippen LogP contribution in [0, 0.1) is 11.8 Å². The molecule has 1 N–H and O–H groups in total. The predicted molar refractivity (Wildman–Crippen MR) is 69.3 cm³/mol. The maximum atomic E-state index is 3.50. The summed E-state index contributed by atoms with van der Waals surface area (Å²) in [5.74, 6) is 1.51. The van der Waals surface area contributed by atoms with Gasteiger partial charge in [0.2, 0.25) is 0 Å². The van der Waals surface area contributed by atoms with Gasteiger partial charge in [0.15, 0.2) is 0 Å². The van der Waals surface area contributed by atoms with Gasteiger partial charge in [0.1, 0.15) is 0 Å². The minimum atomic E-state index is 0.660. The van der Waals surface area contributed by atoms with Gasteiger partial charge in [0.25, 0.3) is 0 Å². The van der Waals surface area contributed by atoms with Gasteiger partial charge in [-0.2, -0.15) is 0 Å². The van der Waals surface area contributed by atoms with Crippen LogP contribution in [0.3, 0.4) is 0 Å². The predicted octanol–water partition coefficient (Wildman–Crippen LogP) is 2.60. The second-order valence-corrected chi connectivity index (χ2v) is 5.58. The van der Waals surface area contributed by atoms with Crippen molar-refractivity contribution in [2.45, 2.75) is 47.6 Å². The van der Waals surface area contributed by atoms with E-state index in [4.69, 9.17) is 0 Å². The Balaban J connectivity index is 3.67. The summed E-state index contributed by atoms with van der Waals surface area (Å²) in [6.45, 7) is 18.3. The molecule has 0 aliphatic rings. The third-order valence-electron chi connectivity index (χ3n) is 2.46. The summed E-state index contributed by atoms with van der Waals surface area (Å²) in [5, 5.41) is 3.50. The molecule has 0 aromatic carbocycles. The molecule has 0 bridgehead atoms. The first-order valence-corrected chi connectivity index (χ1v) is 6.38. The van der Waals surface area contributed by atoms with Gasteiger partial charge >= 0.3 is 0 Å². The van der Waals surface area contributed by atoms with Crippen LogP contribution in [0.4, 0.5) is 0 Å². The molecule has 0 saturated carbocycles. The van der Waals surface area contributed by atoms with E-state index in [9.17, 15) is 0 Å². The summed E-state index contributed by atoms with van der Waals surface area (Å²) >= 11 is 0. The van der Waals surface area contributed by atoms with E-state index in [2.05, 4.69) is 51.8 Å². The molecule has 92 valence electrons. The second-order valence-electron chi connectivity index (χ2n) is 5.58. The van der Waals surface area contributed by atoms with Crippen LogP contribution in [-0.2, 0) is 0 Å². The topological polar surface area (TPSA) is 15.3 Å². The summed E-state index contributed by atoms with van der Waals surface area (Å²) in [6.07, 6.45) is 0. The number of rotatable bonds is 8. The zero-order valence-electron chi connectivity index (χ0n) is 11.5. The van der Waals surface area contributed by atoms with Gasteiger partial charge in [-0.15, -0.1) is 0 Å². The summed E-state index contributed by atoms with van der Waals surface area (Å²) in [7, 11) is 0. The largest absolute Gasteiger partial charge is 0.315 e. The second kappa shape index (κ2) is 8.12. The number of nitrogens with one attached hydrogen (secondary N) is 1. The number of nitrogens with zero attached hydrogens (tertiary/aromatic N) is 1. The number of hydrogen-bond donors (Lipinski definition) is 1. The van der Waals surface area contributed by atoms with Crippen molar-refractivity contribution in [2.24, 2.45) is 11.8 Å². The Morgan fingerprint density at radius 3 is 1.93 bits per heavy atom. The zero-order valence-corrected chi connectivity index (χ0v) is 11.5. The van der Waals surface area contributed by atoms with Crippen LogP contribution >= 0.6 is 0 Å². The smallest absolute Gasteiger partial charge is 0.0110 e. The highest BCUT2D eigenvalue weighted by molar-refractivity contribution is 4.66. The highest BCUT2D eigenvalue weighted by atomic mass is 15.2. The minimum absolute atomic E-state index is 0.660. The van der Waals surface area contributed by atoms with E-state index in [1.807, 2.05) is 0 Å². The van der Waals surface area contributed by atoms with Crippen LogP contribution in [0.5, 0.6) is 0 Å². The van der Waals surface area contributed by atoms with Gasteiger partial charge < -0.3 is 5.32 Å². The van der Waals surface area contributed by atoms with Crippen LogP contribution in [0.1, 0.15) is 41.5 Å². The molecule has 0 radical (unpaired) electrons. The van der Waals surface area contributed by atoms with Crippen molar-refractivity contribution < 1.29 is 0 Å². The molecule has 2 heteroatoms. The Labute approximate surface area is 96.4 Å². The minimum Gasteiger partial charge on any atom is -0.315 e. The van der Waals surface area contributed by atoms with E-state index in [0.29, 0.717) is 6.04 Å². The van der Waals surface area contributed by atoms with Gasteiger partial charge in [0.05, 0.1) is 0 Å². The van der Waals surface area contributed by atoms with E-state index in [1.165, 1.54) is 13.1 Å². The van der Waals surface area contributed by atoms with Crippen LogP contribution in [0.15, 0.2) is 0 Å². The van der Waals surface area contributed by atoms with Crippen molar-refractivity contribution in [3.8, 4) is 0 Å². The zero-order chi connectivity index (χ0) is 11.8. The summed E-state index contributed by atoms with van der Waals surface area (Å²) in [4.78, 5) is 2.55. The molecule has 0 rings (SSSR count). The van der Waals surface area contributed by atoms with Gasteiger partial charge in [-0.3, -0.25) is 4.90 Å². The van der Waals surface area contributed by atoms with Crippen LogP contribution in [0.25, 0.3) is 0 Å². The Bertz CT molecular complexity index is 141. The lowest BCUT2D eigenvalue weighted by Crippen LogP contribution is -2.39. The molecule has 0 aromatic rings. The standard InChI is InChI=1S/C13H30N2/c1-11(2)9-14-7-8-15(13(5)6)10-12(3)4/h11-14H,7-10H2,1-6H3. The third kappa shape index (κ3) is 8.88. The summed E-state index contributed by atoms with van der Waals surface area (Å²) < 4.78 is 0. The van der Waals surface area contributed by atoms with Crippen molar-refractivity contribution in [3.05, 3.63) is 0 Å². The molecule has 15 heavy (non-hydrogen) atoms. The molecule has 0 saturated heterocycles.